The number of carbonyl (C=O) groups is 4. The smallest absolute Gasteiger partial charge is 0.314 e. The number of aryl methyl sites for hydroxylation is 1. The van der Waals surface area contributed by atoms with Gasteiger partial charge in [0, 0.05) is 63.9 Å². The first-order chi connectivity index (χ1) is 16.7. The normalized spacial score (nSPS) is 14.5. The van der Waals surface area contributed by atoms with Gasteiger partial charge in [0.1, 0.15) is 11.9 Å². The molecule has 0 aromatic carbocycles. The van der Waals surface area contributed by atoms with Crippen LogP contribution in [0.3, 0.4) is 0 Å². The zero-order valence-corrected chi connectivity index (χ0v) is 20.2. The first kappa shape index (κ1) is 25.6. The Morgan fingerprint density at radius 3 is 2.34 bits per heavy atom. The third-order valence-electron chi connectivity index (χ3n) is 5.77. The quantitative estimate of drug-likeness (QED) is 0.485. The van der Waals surface area contributed by atoms with Crippen LogP contribution in [0.5, 0.6) is 0 Å². The number of pyridine rings is 2. The van der Waals surface area contributed by atoms with Crippen LogP contribution in [0, 0.1) is 12.8 Å². The van der Waals surface area contributed by atoms with Gasteiger partial charge in [0.15, 0.2) is 0 Å². The maximum atomic E-state index is 12.9. The number of anilines is 2. The molecule has 1 saturated heterocycles. The minimum Gasteiger partial charge on any atom is -0.371 e. The second kappa shape index (κ2) is 11.9. The Labute approximate surface area is 204 Å². The van der Waals surface area contributed by atoms with Crippen LogP contribution in [0.25, 0.3) is 0 Å². The van der Waals surface area contributed by atoms with E-state index in [1.807, 2.05) is 19.1 Å². The standard InChI is InChI=1S/C24H31N7O4/c1-16-4-5-20(26-14-16)29-23(34)22(33)27-15-19(24(35)30(2)3)28-21(32)17-8-12-31(13-9-17)18-6-10-25-11-7-18/h4-7,10-11,14,17,19H,8-9,12-13,15H2,1-3H3,(H,27,33)(H,28,32)(H,26,29,34)/t19-/m0/s1. The summed E-state index contributed by atoms with van der Waals surface area (Å²) in [6.07, 6.45) is 6.30. The fourth-order valence-electron chi connectivity index (χ4n) is 3.75. The minimum atomic E-state index is -0.995. The van der Waals surface area contributed by atoms with Crippen molar-refractivity contribution >= 4 is 35.1 Å². The molecule has 0 radical (unpaired) electrons. The molecule has 11 nitrogen and oxygen atoms in total. The Morgan fingerprint density at radius 2 is 1.74 bits per heavy atom. The van der Waals surface area contributed by atoms with Gasteiger partial charge in [-0.15, -0.1) is 0 Å². The van der Waals surface area contributed by atoms with E-state index in [1.54, 1.807) is 44.8 Å². The van der Waals surface area contributed by atoms with E-state index < -0.39 is 17.9 Å². The van der Waals surface area contributed by atoms with Crippen molar-refractivity contribution in [2.75, 3.05) is 43.9 Å². The number of hydrogen-bond donors (Lipinski definition) is 3. The van der Waals surface area contributed by atoms with Crippen LogP contribution in [0.15, 0.2) is 42.9 Å². The molecule has 35 heavy (non-hydrogen) atoms. The van der Waals surface area contributed by atoms with Crippen LogP contribution in [-0.2, 0) is 19.2 Å². The molecule has 0 spiro atoms. The largest absolute Gasteiger partial charge is 0.371 e. The Balaban J connectivity index is 1.53. The van der Waals surface area contributed by atoms with Crippen LogP contribution in [0.1, 0.15) is 18.4 Å². The summed E-state index contributed by atoms with van der Waals surface area (Å²) in [4.78, 5) is 61.6. The van der Waals surface area contributed by atoms with Gasteiger partial charge >= 0.3 is 11.8 Å². The van der Waals surface area contributed by atoms with E-state index in [0.717, 1.165) is 11.3 Å². The molecule has 1 aliphatic heterocycles. The molecule has 0 aliphatic carbocycles. The number of carbonyl (C=O) groups excluding carboxylic acids is 4. The van der Waals surface area contributed by atoms with Gasteiger partial charge in [0.05, 0.1) is 0 Å². The minimum absolute atomic E-state index is 0.216. The summed E-state index contributed by atoms with van der Waals surface area (Å²) in [6.45, 7) is 3.05. The average molecular weight is 482 g/mol. The highest BCUT2D eigenvalue weighted by molar-refractivity contribution is 6.39. The Bertz CT molecular complexity index is 1040. The lowest BCUT2D eigenvalue weighted by Crippen LogP contribution is -2.55. The number of amides is 4. The number of rotatable bonds is 7. The van der Waals surface area contributed by atoms with Crippen molar-refractivity contribution in [1.29, 1.82) is 0 Å². The lowest BCUT2D eigenvalue weighted by atomic mass is 9.95. The van der Waals surface area contributed by atoms with Crippen LogP contribution in [0.2, 0.25) is 0 Å². The maximum Gasteiger partial charge on any atom is 0.314 e. The summed E-state index contributed by atoms with van der Waals surface area (Å²) in [5.41, 5.74) is 1.97. The third kappa shape index (κ3) is 7.23. The van der Waals surface area contributed by atoms with E-state index in [-0.39, 0.29) is 30.1 Å². The Morgan fingerprint density at radius 1 is 1.06 bits per heavy atom. The zero-order chi connectivity index (χ0) is 25.4. The molecule has 186 valence electrons. The number of hydrogen-bond acceptors (Lipinski definition) is 7. The van der Waals surface area contributed by atoms with Gasteiger partial charge in [-0.2, -0.15) is 0 Å². The lowest BCUT2D eigenvalue weighted by Gasteiger charge is -2.33. The predicted molar refractivity (Wildman–Crippen MR) is 130 cm³/mol. The van der Waals surface area contributed by atoms with E-state index in [9.17, 15) is 19.2 Å². The summed E-state index contributed by atoms with van der Waals surface area (Å²) in [7, 11) is 3.12. The van der Waals surface area contributed by atoms with Gasteiger partial charge in [0.2, 0.25) is 11.8 Å². The van der Waals surface area contributed by atoms with Gasteiger partial charge in [-0.05, 0) is 43.5 Å². The Kier molecular flexibility index (Phi) is 8.71. The summed E-state index contributed by atoms with van der Waals surface area (Å²) >= 11 is 0. The highest BCUT2D eigenvalue weighted by atomic mass is 16.2. The van der Waals surface area contributed by atoms with E-state index in [0.29, 0.717) is 25.9 Å². The summed E-state index contributed by atoms with van der Waals surface area (Å²) in [5.74, 6) is -2.48. The summed E-state index contributed by atoms with van der Waals surface area (Å²) in [5, 5.41) is 7.59. The molecule has 0 unspecified atom stereocenters. The third-order valence-corrected chi connectivity index (χ3v) is 5.77. The number of piperidine rings is 1. The van der Waals surface area contributed by atoms with Crippen molar-refractivity contribution < 1.29 is 19.2 Å². The molecular weight excluding hydrogens is 450 g/mol. The van der Waals surface area contributed by atoms with Gasteiger partial charge in [-0.1, -0.05) is 6.07 Å². The van der Waals surface area contributed by atoms with Gasteiger partial charge in [-0.3, -0.25) is 24.2 Å². The molecule has 3 rings (SSSR count). The van der Waals surface area contributed by atoms with Crippen molar-refractivity contribution in [2.24, 2.45) is 5.92 Å². The molecular formula is C24H31N7O4. The SMILES string of the molecule is Cc1ccc(NC(=O)C(=O)NC[C@H](NC(=O)C2CCN(c3ccncc3)CC2)C(=O)N(C)C)nc1. The molecule has 3 heterocycles. The lowest BCUT2D eigenvalue weighted by molar-refractivity contribution is -0.138. The molecule has 4 amide bonds. The second-order valence-corrected chi connectivity index (χ2v) is 8.65. The zero-order valence-electron chi connectivity index (χ0n) is 20.2. The molecule has 0 saturated carbocycles. The molecule has 11 heteroatoms. The Hall–Kier alpha value is -4.02. The van der Waals surface area contributed by atoms with Gasteiger partial charge in [0.25, 0.3) is 0 Å². The fourth-order valence-corrected chi connectivity index (χ4v) is 3.75. The van der Waals surface area contributed by atoms with Crippen LogP contribution in [0.4, 0.5) is 11.5 Å². The van der Waals surface area contributed by atoms with Gasteiger partial charge < -0.3 is 25.8 Å². The number of nitrogens with one attached hydrogen (secondary N) is 3. The molecule has 1 fully saturated rings. The topological polar surface area (TPSA) is 137 Å². The van der Waals surface area contributed by atoms with Crippen molar-refractivity contribution in [3.8, 4) is 0 Å². The highest BCUT2D eigenvalue weighted by Gasteiger charge is 2.30. The van der Waals surface area contributed by atoms with Crippen molar-refractivity contribution in [2.45, 2.75) is 25.8 Å². The summed E-state index contributed by atoms with van der Waals surface area (Å²) < 4.78 is 0. The van der Waals surface area contributed by atoms with E-state index in [2.05, 4.69) is 30.8 Å². The molecule has 0 bridgehead atoms. The second-order valence-electron chi connectivity index (χ2n) is 8.65. The fraction of sp³-hybridized carbons (Fsp3) is 0.417. The van der Waals surface area contributed by atoms with Crippen LogP contribution >= 0.6 is 0 Å². The maximum absolute atomic E-state index is 12.9. The monoisotopic (exact) mass is 481 g/mol. The molecule has 1 aliphatic rings. The average Bonchev–Trinajstić information content (AvgIpc) is 2.87. The molecule has 1 atom stereocenters. The van der Waals surface area contributed by atoms with Crippen molar-refractivity contribution in [3.63, 3.8) is 0 Å². The number of likely N-dealkylation sites (N-methyl/N-ethyl adjacent to an activating group) is 1. The van der Waals surface area contributed by atoms with E-state index >= 15 is 0 Å². The summed E-state index contributed by atoms with van der Waals surface area (Å²) in [6, 6.07) is 6.20. The molecule has 2 aromatic rings. The van der Waals surface area contributed by atoms with E-state index in [1.165, 1.54) is 4.90 Å². The van der Waals surface area contributed by atoms with E-state index in [4.69, 9.17) is 0 Å². The number of nitrogens with zero attached hydrogens (tertiary/aromatic N) is 4. The number of aromatic nitrogens is 2. The first-order valence-electron chi connectivity index (χ1n) is 11.4. The highest BCUT2D eigenvalue weighted by Crippen LogP contribution is 2.22. The van der Waals surface area contributed by atoms with Crippen molar-refractivity contribution in [1.82, 2.24) is 25.5 Å². The first-order valence-corrected chi connectivity index (χ1v) is 11.4. The van der Waals surface area contributed by atoms with Crippen LogP contribution in [-0.4, -0.2) is 78.3 Å². The van der Waals surface area contributed by atoms with Gasteiger partial charge in [-0.25, -0.2) is 4.98 Å². The molecule has 2 aromatic heterocycles. The predicted octanol–water partition coefficient (Wildman–Crippen LogP) is 0.329. The van der Waals surface area contributed by atoms with Crippen molar-refractivity contribution in [3.05, 3.63) is 48.4 Å². The van der Waals surface area contributed by atoms with Crippen LogP contribution < -0.4 is 20.9 Å². The molecule has 3 N–H and O–H groups in total.